The number of halogens is 1. The van der Waals surface area contributed by atoms with Gasteiger partial charge in [-0.3, -0.25) is 9.69 Å². The Labute approximate surface area is 186 Å². The van der Waals surface area contributed by atoms with E-state index in [1.165, 1.54) is 6.07 Å². The van der Waals surface area contributed by atoms with Gasteiger partial charge in [-0.25, -0.2) is 14.4 Å². The Bertz CT molecular complexity index is 1090. The molecule has 2 aromatic heterocycles. The molecule has 0 atom stereocenters. The second kappa shape index (κ2) is 9.34. The molecule has 2 saturated heterocycles. The number of rotatable bonds is 4. The Morgan fingerprint density at radius 2 is 1.97 bits per heavy atom. The molecule has 32 heavy (non-hydrogen) atoms. The van der Waals surface area contributed by atoms with Crippen molar-refractivity contribution in [3.8, 4) is 0 Å². The summed E-state index contributed by atoms with van der Waals surface area (Å²) in [4.78, 5) is 26.5. The molecule has 0 saturated carbocycles. The topological polar surface area (TPSA) is 63.5 Å². The predicted octanol–water partition coefficient (Wildman–Crippen LogP) is 3.27. The fourth-order valence-corrected chi connectivity index (χ4v) is 4.67. The van der Waals surface area contributed by atoms with Gasteiger partial charge in [0, 0.05) is 58.2 Å². The van der Waals surface area contributed by atoms with Crippen molar-refractivity contribution in [1.29, 1.82) is 0 Å². The van der Waals surface area contributed by atoms with Crippen LogP contribution < -0.4 is 0 Å². The average Bonchev–Trinajstić information content (AvgIpc) is 3.10. The number of benzene rings is 1. The smallest absolute Gasteiger partial charge is 0.255 e. The van der Waals surface area contributed by atoms with Crippen LogP contribution in [0.3, 0.4) is 0 Å². The monoisotopic (exact) mass is 437 g/mol. The second-order valence-corrected chi connectivity index (χ2v) is 8.61. The van der Waals surface area contributed by atoms with Gasteiger partial charge in [-0.15, -0.1) is 0 Å². The highest BCUT2D eigenvalue weighted by molar-refractivity contribution is 5.96. The van der Waals surface area contributed by atoms with E-state index in [-0.39, 0.29) is 11.7 Å². The van der Waals surface area contributed by atoms with Crippen molar-refractivity contribution in [2.75, 3.05) is 39.4 Å². The zero-order valence-corrected chi connectivity index (χ0v) is 18.1. The maximum absolute atomic E-state index is 13.5. The van der Waals surface area contributed by atoms with Gasteiger partial charge in [0.05, 0.1) is 11.9 Å². The Morgan fingerprint density at radius 1 is 1.09 bits per heavy atom. The Hall–Kier alpha value is -2.84. The van der Waals surface area contributed by atoms with Crippen molar-refractivity contribution < 1.29 is 13.9 Å². The van der Waals surface area contributed by atoms with Crippen molar-refractivity contribution in [1.82, 2.24) is 24.3 Å². The number of ether oxygens (including phenoxy) is 1. The molecule has 2 fully saturated rings. The Morgan fingerprint density at radius 3 is 2.81 bits per heavy atom. The molecule has 4 heterocycles. The van der Waals surface area contributed by atoms with Crippen LogP contribution >= 0.6 is 0 Å². The molecule has 1 aromatic carbocycles. The van der Waals surface area contributed by atoms with Crippen molar-refractivity contribution in [3.05, 3.63) is 59.8 Å². The zero-order valence-electron chi connectivity index (χ0n) is 18.1. The molecule has 0 bridgehead atoms. The maximum Gasteiger partial charge on any atom is 0.255 e. The standard InChI is InChI=1S/C24H28FN5O2/c25-20-4-1-3-18(13-20)16-28-7-2-8-29(10-9-28)24(31)19-14-22-23(26-15-19)30(17-27-22)21-5-11-32-12-6-21/h1,3-4,13-15,17,21H,2,5-12,16H2. The van der Waals surface area contributed by atoms with Crippen LogP contribution in [-0.2, 0) is 11.3 Å². The van der Waals surface area contributed by atoms with Gasteiger partial charge < -0.3 is 14.2 Å². The second-order valence-electron chi connectivity index (χ2n) is 8.61. The summed E-state index contributed by atoms with van der Waals surface area (Å²) in [6, 6.07) is 8.92. The van der Waals surface area contributed by atoms with Gasteiger partial charge >= 0.3 is 0 Å². The molecule has 2 aliphatic rings. The molecule has 1 amide bonds. The van der Waals surface area contributed by atoms with Crippen LogP contribution in [0.25, 0.3) is 11.2 Å². The zero-order chi connectivity index (χ0) is 21.9. The minimum atomic E-state index is -0.212. The van der Waals surface area contributed by atoms with Gasteiger partial charge in [-0.1, -0.05) is 12.1 Å². The number of carbonyl (C=O) groups is 1. The lowest BCUT2D eigenvalue weighted by atomic mass is 10.1. The first-order valence-electron chi connectivity index (χ1n) is 11.3. The van der Waals surface area contributed by atoms with E-state index in [1.807, 2.05) is 23.4 Å². The third-order valence-electron chi connectivity index (χ3n) is 6.42. The van der Waals surface area contributed by atoms with Crippen molar-refractivity contribution in [3.63, 3.8) is 0 Å². The molecule has 0 radical (unpaired) electrons. The Balaban J connectivity index is 1.25. The van der Waals surface area contributed by atoms with E-state index in [0.717, 1.165) is 62.3 Å². The summed E-state index contributed by atoms with van der Waals surface area (Å²) in [5.74, 6) is -0.219. The van der Waals surface area contributed by atoms with E-state index < -0.39 is 0 Å². The van der Waals surface area contributed by atoms with Crippen LogP contribution in [-0.4, -0.2) is 69.6 Å². The molecule has 3 aromatic rings. The number of nitrogens with zero attached hydrogens (tertiary/aromatic N) is 5. The first kappa shape index (κ1) is 21.0. The van der Waals surface area contributed by atoms with E-state index in [9.17, 15) is 9.18 Å². The minimum absolute atomic E-state index is 0.00683. The maximum atomic E-state index is 13.5. The van der Waals surface area contributed by atoms with Crippen molar-refractivity contribution in [2.45, 2.75) is 31.8 Å². The van der Waals surface area contributed by atoms with E-state index in [2.05, 4.69) is 19.4 Å². The highest BCUT2D eigenvalue weighted by Gasteiger charge is 2.23. The number of amides is 1. The van der Waals surface area contributed by atoms with Gasteiger partial charge in [0.15, 0.2) is 5.65 Å². The molecular weight excluding hydrogens is 409 g/mol. The Kier molecular flexibility index (Phi) is 6.14. The summed E-state index contributed by atoms with van der Waals surface area (Å²) < 4.78 is 21.1. The quantitative estimate of drug-likeness (QED) is 0.627. The average molecular weight is 438 g/mol. The van der Waals surface area contributed by atoms with Crippen LogP contribution in [0.2, 0.25) is 0 Å². The van der Waals surface area contributed by atoms with E-state index in [4.69, 9.17) is 4.74 Å². The lowest BCUT2D eigenvalue weighted by molar-refractivity contribution is 0.0704. The molecule has 5 rings (SSSR count). The summed E-state index contributed by atoms with van der Waals surface area (Å²) >= 11 is 0. The van der Waals surface area contributed by atoms with E-state index in [0.29, 0.717) is 31.2 Å². The highest BCUT2D eigenvalue weighted by atomic mass is 19.1. The lowest BCUT2D eigenvalue weighted by Crippen LogP contribution is -2.35. The summed E-state index contributed by atoms with van der Waals surface area (Å²) in [6.07, 6.45) is 6.30. The van der Waals surface area contributed by atoms with Gasteiger partial charge in [-0.05, 0) is 43.0 Å². The van der Waals surface area contributed by atoms with Crippen LogP contribution in [0.15, 0.2) is 42.9 Å². The lowest BCUT2D eigenvalue weighted by Gasteiger charge is -2.23. The van der Waals surface area contributed by atoms with Crippen LogP contribution in [0.5, 0.6) is 0 Å². The van der Waals surface area contributed by atoms with Crippen LogP contribution in [0.4, 0.5) is 4.39 Å². The van der Waals surface area contributed by atoms with Gasteiger partial charge in [0.25, 0.3) is 5.91 Å². The number of carbonyl (C=O) groups excluding carboxylic acids is 1. The van der Waals surface area contributed by atoms with Gasteiger partial charge in [0.1, 0.15) is 11.3 Å². The van der Waals surface area contributed by atoms with E-state index >= 15 is 0 Å². The number of hydrogen-bond donors (Lipinski definition) is 0. The van der Waals surface area contributed by atoms with Crippen molar-refractivity contribution in [2.24, 2.45) is 0 Å². The van der Waals surface area contributed by atoms with Crippen LogP contribution in [0, 0.1) is 5.82 Å². The fraction of sp³-hybridized carbons (Fsp3) is 0.458. The number of aromatic nitrogens is 3. The summed E-state index contributed by atoms with van der Waals surface area (Å²) in [5.41, 5.74) is 3.11. The largest absolute Gasteiger partial charge is 0.381 e. The summed E-state index contributed by atoms with van der Waals surface area (Å²) in [5, 5.41) is 0. The summed E-state index contributed by atoms with van der Waals surface area (Å²) in [6.45, 7) is 5.19. The number of hydrogen-bond acceptors (Lipinski definition) is 5. The molecule has 0 spiro atoms. The van der Waals surface area contributed by atoms with Gasteiger partial charge in [-0.2, -0.15) is 0 Å². The van der Waals surface area contributed by atoms with Crippen LogP contribution in [0.1, 0.15) is 41.2 Å². The highest BCUT2D eigenvalue weighted by Crippen LogP contribution is 2.25. The number of fused-ring (bicyclic) bond motifs is 1. The first-order chi connectivity index (χ1) is 15.7. The fourth-order valence-electron chi connectivity index (χ4n) is 4.67. The first-order valence-corrected chi connectivity index (χ1v) is 11.3. The molecule has 2 aliphatic heterocycles. The SMILES string of the molecule is O=C(c1cnc2c(c1)ncn2C1CCOCC1)N1CCCN(Cc2cccc(F)c2)CC1. The predicted molar refractivity (Wildman–Crippen MR) is 119 cm³/mol. The number of pyridine rings is 1. The molecule has 0 N–H and O–H groups in total. The van der Waals surface area contributed by atoms with Gasteiger partial charge in [0.2, 0.25) is 0 Å². The molecule has 7 nitrogen and oxygen atoms in total. The molecule has 8 heteroatoms. The molecule has 0 aliphatic carbocycles. The van der Waals surface area contributed by atoms with Crippen molar-refractivity contribution >= 4 is 17.1 Å². The third-order valence-corrected chi connectivity index (χ3v) is 6.42. The van der Waals surface area contributed by atoms with E-state index in [1.54, 1.807) is 18.3 Å². The minimum Gasteiger partial charge on any atom is -0.381 e. The third kappa shape index (κ3) is 4.52. The molecule has 168 valence electrons. The summed E-state index contributed by atoms with van der Waals surface area (Å²) in [7, 11) is 0. The normalized spacial score (nSPS) is 18.7. The molecular formula is C24H28FN5O2. The number of imidazole rings is 1. The molecule has 0 unspecified atom stereocenters.